The number of hydrogen-bond donors (Lipinski definition) is 3. The van der Waals surface area contributed by atoms with Crippen LogP contribution in [0.15, 0.2) is 72.9 Å². The molecule has 1 amide bonds. The Labute approximate surface area is 406 Å². The summed E-state index contributed by atoms with van der Waals surface area (Å²) < 4.78 is 0. The molecule has 0 fully saturated rings. The summed E-state index contributed by atoms with van der Waals surface area (Å²) in [5.74, 6) is -0.0393. The number of nitrogens with one attached hydrogen (secondary N) is 1. The van der Waals surface area contributed by atoms with Crippen molar-refractivity contribution >= 4 is 5.91 Å². The maximum Gasteiger partial charge on any atom is 0.220 e. The lowest BCUT2D eigenvalue weighted by Gasteiger charge is -2.22. The maximum atomic E-state index is 12.5. The predicted octanol–water partition coefficient (Wildman–Crippen LogP) is 19.0. The molecule has 0 saturated heterocycles. The van der Waals surface area contributed by atoms with E-state index < -0.39 is 12.1 Å². The minimum Gasteiger partial charge on any atom is -0.394 e. The molecule has 0 bridgehead atoms. The molecule has 378 valence electrons. The molecule has 0 aliphatic heterocycles. The number of allylic oxidation sites excluding steroid dienone is 12. The number of carbonyl (C=O) groups excluding carboxylic acids is 1. The van der Waals surface area contributed by atoms with Gasteiger partial charge in [0.25, 0.3) is 0 Å². The second-order valence-electron chi connectivity index (χ2n) is 19.3. The lowest BCUT2D eigenvalue weighted by Crippen LogP contribution is -2.45. The molecule has 2 unspecified atom stereocenters. The van der Waals surface area contributed by atoms with Crippen LogP contribution in [-0.2, 0) is 4.79 Å². The van der Waals surface area contributed by atoms with E-state index in [2.05, 4.69) is 92.1 Å². The highest BCUT2D eigenvalue weighted by Crippen LogP contribution is 2.17. The average molecular weight is 907 g/mol. The normalized spacial score (nSPS) is 13.4. The summed E-state index contributed by atoms with van der Waals surface area (Å²) in [4.78, 5) is 12.5. The molecule has 0 aliphatic rings. The summed E-state index contributed by atoms with van der Waals surface area (Å²) in [6, 6.07) is -0.547. The molecule has 0 aliphatic carbocycles. The monoisotopic (exact) mass is 906 g/mol. The molecule has 0 heterocycles. The topological polar surface area (TPSA) is 69.6 Å². The molecule has 0 radical (unpaired) electrons. The molecule has 0 saturated carbocycles. The van der Waals surface area contributed by atoms with Gasteiger partial charge in [0, 0.05) is 6.42 Å². The first-order chi connectivity index (χ1) is 32.2. The molecule has 0 rings (SSSR count). The van der Waals surface area contributed by atoms with E-state index in [0.717, 1.165) is 64.2 Å². The zero-order valence-electron chi connectivity index (χ0n) is 43.5. The van der Waals surface area contributed by atoms with Gasteiger partial charge in [0.1, 0.15) is 0 Å². The molecular formula is C61H111NO3. The quantitative estimate of drug-likeness (QED) is 0.0421. The van der Waals surface area contributed by atoms with Gasteiger partial charge in [-0.25, -0.2) is 0 Å². The van der Waals surface area contributed by atoms with Crippen molar-refractivity contribution in [3.8, 4) is 0 Å². The third kappa shape index (κ3) is 52.7. The van der Waals surface area contributed by atoms with Gasteiger partial charge in [0.2, 0.25) is 5.91 Å². The molecule has 0 spiro atoms. The van der Waals surface area contributed by atoms with Crippen molar-refractivity contribution in [2.45, 2.75) is 302 Å². The van der Waals surface area contributed by atoms with E-state index in [1.165, 1.54) is 199 Å². The van der Waals surface area contributed by atoms with Crippen LogP contribution in [-0.4, -0.2) is 34.9 Å². The Morgan fingerprint density at radius 2 is 0.677 bits per heavy atom. The van der Waals surface area contributed by atoms with Crippen LogP contribution >= 0.6 is 0 Å². The van der Waals surface area contributed by atoms with Crippen LogP contribution in [0.2, 0.25) is 0 Å². The van der Waals surface area contributed by atoms with Crippen molar-refractivity contribution in [1.29, 1.82) is 0 Å². The summed E-state index contributed by atoms with van der Waals surface area (Å²) >= 11 is 0. The second-order valence-corrected chi connectivity index (χ2v) is 19.3. The Morgan fingerprint density at radius 1 is 0.385 bits per heavy atom. The van der Waals surface area contributed by atoms with Crippen LogP contribution < -0.4 is 5.32 Å². The van der Waals surface area contributed by atoms with Crippen molar-refractivity contribution in [2.24, 2.45) is 0 Å². The molecule has 0 aromatic heterocycles. The largest absolute Gasteiger partial charge is 0.394 e. The summed E-state index contributed by atoms with van der Waals surface area (Å²) in [6.07, 6.45) is 80.3. The molecule has 2 atom stereocenters. The minimum atomic E-state index is -0.669. The van der Waals surface area contributed by atoms with Crippen LogP contribution in [0.3, 0.4) is 0 Å². The SMILES string of the molecule is CC/C=C\C/C=C\C/C=C\C/C=C\C/C=C\C/C=C\CCCCCCCCCCC(=O)NC(CO)C(O)CCCCCCCCCCCCCCCCCCCCCCCCCCCC. The lowest BCUT2D eigenvalue weighted by molar-refractivity contribution is -0.123. The van der Waals surface area contributed by atoms with Gasteiger partial charge in [-0.15, -0.1) is 0 Å². The van der Waals surface area contributed by atoms with Crippen LogP contribution in [0.4, 0.5) is 0 Å². The zero-order chi connectivity index (χ0) is 47.0. The smallest absolute Gasteiger partial charge is 0.220 e. The van der Waals surface area contributed by atoms with Gasteiger partial charge in [0.15, 0.2) is 0 Å². The van der Waals surface area contributed by atoms with Gasteiger partial charge in [-0.1, -0.05) is 292 Å². The van der Waals surface area contributed by atoms with E-state index in [0.29, 0.717) is 12.8 Å². The molecule has 0 aromatic rings. The number of rotatable bonds is 52. The molecule has 3 N–H and O–H groups in total. The minimum absolute atomic E-state index is 0.0393. The predicted molar refractivity (Wildman–Crippen MR) is 290 cm³/mol. The Bertz CT molecular complexity index is 1120. The summed E-state index contributed by atoms with van der Waals surface area (Å²) in [5, 5.41) is 23.4. The number of carbonyl (C=O) groups is 1. The van der Waals surface area contributed by atoms with Crippen LogP contribution in [0.25, 0.3) is 0 Å². The first-order valence-electron chi connectivity index (χ1n) is 28.6. The highest BCUT2D eigenvalue weighted by molar-refractivity contribution is 5.76. The van der Waals surface area contributed by atoms with Crippen molar-refractivity contribution in [2.75, 3.05) is 6.61 Å². The zero-order valence-corrected chi connectivity index (χ0v) is 43.5. The highest BCUT2D eigenvalue weighted by atomic mass is 16.3. The van der Waals surface area contributed by atoms with Gasteiger partial charge >= 0.3 is 0 Å². The van der Waals surface area contributed by atoms with Crippen molar-refractivity contribution in [1.82, 2.24) is 5.32 Å². The fourth-order valence-electron chi connectivity index (χ4n) is 8.66. The van der Waals surface area contributed by atoms with Gasteiger partial charge in [0.05, 0.1) is 18.8 Å². The molecule has 0 aromatic carbocycles. The van der Waals surface area contributed by atoms with E-state index >= 15 is 0 Å². The summed E-state index contributed by atoms with van der Waals surface area (Å²) in [5.41, 5.74) is 0. The number of hydrogen-bond acceptors (Lipinski definition) is 3. The number of unbranched alkanes of at least 4 members (excludes halogenated alkanes) is 33. The number of aliphatic hydroxyl groups is 2. The molecule has 4 nitrogen and oxygen atoms in total. The maximum absolute atomic E-state index is 12.5. The van der Waals surface area contributed by atoms with Crippen molar-refractivity contribution in [3.63, 3.8) is 0 Å². The lowest BCUT2D eigenvalue weighted by atomic mass is 10.0. The van der Waals surface area contributed by atoms with Crippen molar-refractivity contribution < 1.29 is 15.0 Å². The van der Waals surface area contributed by atoms with Gasteiger partial charge < -0.3 is 15.5 Å². The van der Waals surface area contributed by atoms with Gasteiger partial charge in [-0.05, 0) is 64.2 Å². The number of aliphatic hydroxyl groups excluding tert-OH is 2. The van der Waals surface area contributed by atoms with Crippen molar-refractivity contribution in [3.05, 3.63) is 72.9 Å². The molecule has 4 heteroatoms. The van der Waals surface area contributed by atoms with E-state index in [1.54, 1.807) is 0 Å². The average Bonchev–Trinajstić information content (AvgIpc) is 3.31. The first kappa shape index (κ1) is 62.8. The number of amides is 1. The van der Waals surface area contributed by atoms with E-state index in [4.69, 9.17) is 0 Å². The summed E-state index contributed by atoms with van der Waals surface area (Å²) in [6.45, 7) is 4.26. The third-order valence-electron chi connectivity index (χ3n) is 13.0. The Hall–Kier alpha value is -2.17. The van der Waals surface area contributed by atoms with E-state index in [-0.39, 0.29) is 12.5 Å². The van der Waals surface area contributed by atoms with E-state index in [1.807, 2.05) is 0 Å². The Morgan fingerprint density at radius 3 is 1.02 bits per heavy atom. The summed E-state index contributed by atoms with van der Waals surface area (Å²) in [7, 11) is 0. The third-order valence-corrected chi connectivity index (χ3v) is 13.0. The van der Waals surface area contributed by atoms with Crippen LogP contribution in [0.1, 0.15) is 290 Å². The second kappa shape index (κ2) is 56.2. The first-order valence-corrected chi connectivity index (χ1v) is 28.6. The fraction of sp³-hybridized carbons (Fsp3) is 0.787. The van der Waals surface area contributed by atoms with Gasteiger partial charge in [-0.2, -0.15) is 0 Å². The Kier molecular flexibility index (Phi) is 54.3. The van der Waals surface area contributed by atoms with E-state index in [9.17, 15) is 15.0 Å². The molecule has 65 heavy (non-hydrogen) atoms. The standard InChI is InChI=1S/C61H111NO3/c1-3-5-7-9-11-13-15-17-19-21-23-25-27-29-31-33-35-37-39-41-43-45-47-49-51-53-55-57-61(65)62-59(58-63)60(64)56-54-52-50-48-46-44-42-40-38-36-34-32-30-28-26-24-22-20-18-16-14-12-10-8-6-4-2/h5,7,11,13,17,19,23,25,29,31,35,37,59-60,63-64H,3-4,6,8-10,12,14-16,18,20-22,24,26-28,30,32-34,36,38-58H2,1-2H3,(H,62,65)/b7-5-,13-11-,19-17-,25-23-,31-29-,37-35-. The fourth-order valence-corrected chi connectivity index (χ4v) is 8.66. The Balaban J connectivity index is 3.51. The molecular weight excluding hydrogens is 795 g/mol. The van der Waals surface area contributed by atoms with Gasteiger partial charge in [-0.3, -0.25) is 4.79 Å². The van der Waals surface area contributed by atoms with Crippen LogP contribution in [0, 0.1) is 0 Å². The highest BCUT2D eigenvalue weighted by Gasteiger charge is 2.20. The van der Waals surface area contributed by atoms with Crippen LogP contribution in [0.5, 0.6) is 0 Å².